The van der Waals surface area contributed by atoms with Crippen LogP contribution >= 0.6 is 0 Å². The maximum Gasteiger partial charge on any atom is 0.177 e. The molecular formula is C17H15F2NO. The SMILES string of the molecule is CCCCOc1ccc(-c2ccc(C#N)c(F)c2F)cc1. The third-order valence-corrected chi connectivity index (χ3v) is 3.13. The predicted octanol–water partition coefficient (Wildman–Crippen LogP) is 4.68. The molecule has 0 aliphatic rings. The van der Waals surface area contributed by atoms with E-state index in [1.54, 1.807) is 30.3 Å². The lowest BCUT2D eigenvalue weighted by Crippen LogP contribution is -1.97. The Labute approximate surface area is 122 Å². The summed E-state index contributed by atoms with van der Waals surface area (Å²) in [6, 6.07) is 11.1. The second-order valence-corrected chi connectivity index (χ2v) is 4.63. The maximum absolute atomic E-state index is 13.9. The summed E-state index contributed by atoms with van der Waals surface area (Å²) in [6.45, 7) is 2.71. The lowest BCUT2D eigenvalue weighted by atomic mass is 10.0. The van der Waals surface area contributed by atoms with E-state index in [-0.39, 0.29) is 11.1 Å². The van der Waals surface area contributed by atoms with E-state index in [1.165, 1.54) is 12.1 Å². The standard InChI is InChI=1S/C17H15F2NO/c1-2-3-10-21-14-7-4-12(5-8-14)15-9-6-13(11-20)16(18)17(15)19/h4-9H,2-3,10H2,1H3. The van der Waals surface area contributed by atoms with Crippen LogP contribution < -0.4 is 4.74 Å². The molecule has 0 N–H and O–H groups in total. The van der Waals surface area contributed by atoms with Crippen molar-refractivity contribution >= 4 is 0 Å². The van der Waals surface area contributed by atoms with E-state index in [4.69, 9.17) is 10.00 Å². The van der Waals surface area contributed by atoms with E-state index in [1.807, 2.05) is 0 Å². The van der Waals surface area contributed by atoms with Gasteiger partial charge in [-0.2, -0.15) is 5.26 Å². The minimum atomic E-state index is -1.11. The topological polar surface area (TPSA) is 33.0 Å². The zero-order chi connectivity index (χ0) is 15.2. The van der Waals surface area contributed by atoms with Crippen LogP contribution in [-0.4, -0.2) is 6.61 Å². The Hall–Kier alpha value is -2.41. The van der Waals surface area contributed by atoms with Gasteiger partial charge in [0, 0.05) is 5.56 Å². The zero-order valence-corrected chi connectivity index (χ0v) is 11.7. The van der Waals surface area contributed by atoms with E-state index < -0.39 is 11.6 Å². The molecule has 0 aliphatic heterocycles. The van der Waals surface area contributed by atoms with Gasteiger partial charge in [-0.15, -0.1) is 0 Å². The smallest absolute Gasteiger partial charge is 0.177 e. The molecule has 0 aliphatic carbocycles. The molecule has 0 unspecified atom stereocenters. The summed E-state index contributed by atoms with van der Waals surface area (Å²) in [5, 5.41) is 8.67. The molecular weight excluding hydrogens is 272 g/mol. The molecule has 2 aromatic carbocycles. The number of hydrogen-bond acceptors (Lipinski definition) is 2. The molecule has 2 rings (SSSR count). The molecule has 21 heavy (non-hydrogen) atoms. The van der Waals surface area contributed by atoms with Gasteiger partial charge < -0.3 is 4.74 Å². The number of ether oxygens (including phenoxy) is 1. The van der Waals surface area contributed by atoms with Crippen LogP contribution in [0.25, 0.3) is 11.1 Å². The van der Waals surface area contributed by atoms with Crippen molar-refractivity contribution in [3.63, 3.8) is 0 Å². The largest absolute Gasteiger partial charge is 0.494 e. The van der Waals surface area contributed by atoms with Crippen molar-refractivity contribution in [1.29, 1.82) is 5.26 Å². The van der Waals surface area contributed by atoms with Crippen molar-refractivity contribution in [3.8, 4) is 22.9 Å². The first-order valence-electron chi connectivity index (χ1n) is 6.78. The first-order valence-corrected chi connectivity index (χ1v) is 6.78. The van der Waals surface area contributed by atoms with Crippen molar-refractivity contribution < 1.29 is 13.5 Å². The van der Waals surface area contributed by atoms with E-state index in [2.05, 4.69) is 6.92 Å². The molecule has 0 amide bonds. The van der Waals surface area contributed by atoms with Crippen LogP contribution in [0.3, 0.4) is 0 Å². The van der Waals surface area contributed by atoms with E-state index >= 15 is 0 Å². The van der Waals surface area contributed by atoms with E-state index in [0.717, 1.165) is 12.8 Å². The van der Waals surface area contributed by atoms with Crippen molar-refractivity contribution in [1.82, 2.24) is 0 Å². The summed E-state index contributed by atoms with van der Waals surface area (Å²) in [7, 11) is 0. The van der Waals surface area contributed by atoms with Gasteiger partial charge in [-0.3, -0.25) is 0 Å². The zero-order valence-electron chi connectivity index (χ0n) is 11.7. The normalized spacial score (nSPS) is 10.2. The van der Waals surface area contributed by atoms with Crippen LogP contribution in [0, 0.1) is 23.0 Å². The summed E-state index contributed by atoms with van der Waals surface area (Å²) >= 11 is 0. The molecule has 0 saturated carbocycles. The Morgan fingerprint density at radius 2 is 1.76 bits per heavy atom. The first kappa shape index (κ1) is 15.0. The molecule has 4 heteroatoms. The summed E-state index contributed by atoms with van der Waals surface area (Å²) in [4.78, 5) is 0. The average molecular weight is 287 g/mol. The van der Waals surface area contributed by atoms with Gasteiger partial charge >= 0.3 is 0 Å². The minimum absolute atomic E-state index is 0.131. The molecule has 0 heterocycles. The minimum Gasteiger partial charge on any atom is -0.494 e. The average Bonchev–Trinajstić information content (AvgIpc) is 2.51. The number of unbranched alkanes of at least 4 members (excludes halogenated alkanes) is 1. The molecule has 0 bridgehead atoms. The van der Waals surface area contributed by atoms with E-state index in [0.29, 0.717) is 17.9 Å². The predicted molar refractivity (Wildman–Crippen MR) is 76.9 cm³/mol. The number of benzene rings is 2. The quantitative estimate of drug-likeness (QED) is 0.748. The third kappa shape index (κ3) is 3.38. The van der Waals surface area contributed by atoms with Crippen molar-refractivity contribution in [2.24, 2.45) is 0 Å². The van der Waals surface area contributed by atoms with Gasteiger partial charge in [0.25, 0.3) is 0 Å². The van der Waals surface area contributed by atoms with E-state index in [9.17, 15) is 8.78 Å². The second kappa shape index (κ2) is 6.85. The number of halogens is 2. The second-order valence-electron chi connectivity index (χ2n) is 4.63. The molecule has 0 aromatic heterocycles. The Kier molecular flexibility index (Phi) is 4.89. The number of rotatable bonds is 5. The molecule has 0 spiro atoms. The fourth-order valence-electron chi connectivity index (χ4n) is 1.92. The molecule has 2 aromatic rings. The summed E-state index contributed by atoms with van der Waals surface area (Å²) < 4.78 is 33.1. The molecule has 0 fully saturated rings. The number of nitriles is 1. The van der Waals surface area contributed by atoms with Crippen molar-refractivity contribution in [2.45, 2.75) is 19.8 Å². The Bertz CT molecular complexity index is 660. The van der Waals surface area contributed by atoms with Gasteiger partial charge in [-0.05, 0) is 36.2 Å². The van der Waals surface area contributed by atoms with Crippen LogP contribution in [-0.2, 0) is 0 Å². The number of hydrogen-bond donors (Lipinski definition) is 0. The molecule has 0 radical (unpaired) electrons. The van der Waals surface area contributed by atoms with Crippen molar-refractivity contribution in [2.75, 3.05) is 6.61 Å². The Balaban J connectivity index is 2.23. The lowest BCUT2D eigenvalue weighted by molar-refractivity contribution is 0.309. The molecule has 0 saturated heterocycles. The number of nitrogens with zero attached hydrogens (tertiary/aromatic N) is 1. The molecule has 108 valence electrons. The highest BCUT2D eigenvalue weighted by molar-refractivity contribution is 5.66. The lowest BCUT2D eigenvalue weighted by Gasteiger charge is -2.08. The van der Waals surface area contributed by atoms with Gasteiger partial charge in [0.2, 0.25) is 0 Å². The highest BCUT2D eigenvalue weighted by atomic mass is 19.2. The fraction of sp³-hybridized carbons (Fsp3) is 0.235. The highest BCUT2D eigenvalue weighted by Crippen LogP contribution is 2.27. The molecule has 2 nitrogen and oxygen atoms in total. The third-order valence-electron chi connectivity index (χ3n) is 3.13. The summed E-state index contributed by atoms with van der Waals surface area (Å²) in [6.07, 6.45) is 2.02. The van der Waals surface area contributed by atoms with Crippen LogP contribution in [0.1, 0.15) is 25.3 Å². The highest BCUT2D eigenvalue weighted by Gasteiger charge is 2.14. The summed E-state index contributed by atoms with van der Waals surface area (Å²) in [5.41, 5.74) is 0.376. The summed E-state index contributed by atoms with van der Waals surface area (Å²) in [5.74, 6) is -1.42. The van der Waals surface area contributed by atoms with Crippen LogP contribution in [0.5, 0.6) is 5.75 Å². The fourth-order valence-corrected chi connectivity index (χ4v) is 1.92. The first-order chi connectivity index (χ1) is 10.2. The van der Waals surface area contributed by atoms with Crippen LogP contribution in [0.15, 0.2) is 36.4 Å². The van der Waals surface area contributed by atoms with Gasteiger partial charge in [0.15, 0.2) is 11.6 Å². The van der Waals surface area contributed by atoms with Gasteiger partial charge in [0.1, 0.15) is 11.8 Å². The van der Waals surface area contributed by atoms with Crippen molar-refractivity contribution in [3.05, 3.63) is 53.6 Å². The molecule has 0 atom stereocenters. The maximum atomic E-state index is 13.9. The van der Waals surface area contributed by atoms with Crippen LogP contribution in [0.4, 0.5) is 8.78 Å². The Morgan fingerprint density at radius 1 is 1.05 bits per heavy atom. The van der Waals surface area contributed by atoms with Gasteiger partial charge in [-0.1, -0.05) is 25.5 Å². The van der Waals surface area contributed by atoms with Gasteiger partial charge in [-0.25, -0.2) is 8.78 Å². The Morgan fingerprint density at radius 3 is 2.38 bits per heavy atom. The van der Waals surface area contributed by atoms with Gasteiger partial charge in [0.05, 0.1) is 12.2 Å². The van der Waals surface area contributed by atoms with Crippen LogP contribution in [0.2, 0.25) is 0 Å². The monoisotopic (exact) mass is 287 g/mol.